The van der Waals surface area contributed by atoms with Crippen LogP contribution in [-0.2, 0) is 0 Å². The summed E-state index contributed by atoms with van der Waals surface area (Å²) in [7, 11) is 0. The molecule has 0 fully saturated rings. The standard InChI is InChI=1S/C6H4ClFIN/c7-5-1-3-6(4-2-5)10(8)9/h1-4H. The lowest BCUT2D eigenvalue weighted by atomic mass is 10.3. The Morgan fingerprint density at radius 2 is 1.80 bits per heavy atom. The van der Waals surface area contributed by atoms with Gasteiger partial charge in [0.25, 0.3) is 0 Å². The molecule has 0 saturated heterocycles. The molecule has 1 aromatic rings. The van der Waals surface area contributed by atoms with Crippen LogP contribution in [-0.4, -0.2) is 0 Å². The van der Waals surface area contributed by atoms with Gasteiger partial charge in [-0.05, 0) is 24.3 Å². The van der Waals surface area contributed by atoms with Crippen molar-refractivity contribution in [3.05, 3.63) is 29.3 Å². The fourth-order valence-corrected chi connectivity index (χ4v) is 1.00. The SMILES string of the molecule is FN(I)c1ccc(Cl)cc1. The van der Waals surface area contributed by atoms with Gasteiger partial charge in [0.15, 0.2) is 0 Å². The molecule has 0 aromatic heterocycles. The van der Waals surface area contributed by atoms with E-state index >= 15 is 0 Å². The van der Waals surface area contributed by atoms with E-state index in [1.54, 1.807) is 47.1 Å². The Labute approximate surface area is 77.2 Å². The molecule has 1 nitrogen and oxygen atoms in total. The minimum Gasteiger partial charge on any atom is -0.151 e. The summed E-state index contributed by atoms with van der Waals surface area (Å²) in [6.45, 7) is 0. The number of halogens is 3. The van der Waals surface area contributed by atoms with Gasteiger partial charge in [-0.1, -0.05) is 16.1 Å². The summed E-state index contributed by atoms with van der Waals surface area (Å²) in [4.78, 5) is 0. The van der Waals surface area contributed by atoms with Crippen LogP contribution in [0.5, 0.6) is 0 Å². The molecule has 0 radical (unpaired) electrons. The summed E-state index contributed by atoms with van der Waals surface area (Å²) in [5, 5.41) is 0.613. The number of hydrogen-bond acceptors (Lipinski definition) is 1. The minimum absolute atomic E-state index is 0.491. The Kier molecular flexibility index (Phi) is 2.73. The molecule has 0 atom stereocenters. The van der Waals surface area contributed by atoms with Crippen LogP contribution in [0.1, 0.15) is 0 Å². The lowest BCUT2D eigenvalue weighted by molar-refractivity contribution is 0.566. The van der Waals surface area contributed by atoms with Crippen molar-refractivity contribution in [1.29, 1.82) is 0 Å². The van der Waals surface area contributed by atoms with Crippen LogP contribution in [0, 0.1) is 0 Å². The summed E-state index contributed by atoms with van der Waals surface area (Å²) in [6, 6.07) is 6.49. The van der Waals surface area contributed by atoms with Crippen LogP contribution in [0.3, 0.4) is 0 Å². The monoisotopic (exact) mass is 271 g/mol. The molecule has 0 aliphatic carbocycles. The van der Waals surface area contributed by atoms with Crippen molar-refractivity contribution in [3.63, 3.8) is 0 Å². The first-order chi connectivity index (χ1) is 4.70. The molecule has 0 heterocycles. The van der Waals surface area contributed by atoms with Gasteiger partial charge in [0.1, 0.15) is 0 Å². The highest BCUT2D eigenvalue weighted by atomic mass is 127. The van der Waals surface area contributed by atoms with Gasteiger partial charge >= 0.3 is 0 Å². The second kappa shape index (κ2) is 3.39. The van der Waals surface area contributed by atoms with Gasteiger partial charge in [-0.2, -0.15) is 3.34 Å². The van der Waals surface area contributed by atoms with Crippen molar-refractivity contribution in [2.75, 3.05) is 3.34 Å². The van der Waals surface area contributed by atoms with Gasteiger partial charge in [-0.25, -0.2) is 0 Å². The van der Waals surface area contributed by atoms with Gasteiger partial charge in [0.05, 0.1) is 28.6 Å². The Hall–Kier alpha value is -0.0300. The topological polar surface area (TPSA) is 3.24 Å². The zero-order chi connectivity index (χ0) is 7.56. The largest absolute Gasteiger partial charge is 0.151 e. The molecule has 0 saturated carbocycles. The van der Waals surface area contributed by atoms with Crippen LogP contribution in [0.15, 0.2) is 24.3 Å². The Morgan fingerprint density at radius 1 is 1.30 bits per heavy atom. The number of rotatable bonds is 1. The number of anilines is 1. The van der Waals surface area contributed by atoms with E-state index in [2.05, 4.69) is 0 Å². The smallest absolute Gasteiger partial charge is 0.0965 e. The first-order valence-electron chi connectivity index (χ1n) is 2.57. The van der Waals surface area contributed by atoms with E-state index in [0.29, 0.717) is 14.0 Å². The molecular formula is C6H4ClFIN. The fourth-order valence-electron chi connectivity index (χ4n) is 0.554. The summed E-state index contributed by atoms with van der Waals surface area (Å²) in [5.74, 6) is 0. The highest BCUT2D eigenvalue weighted by Crippen LogP contribution is 2.20. The van der Waals surface area contributed by atoms with Crippen molar-refractivity contribution >= 4 is 40.2 Å². The predicted molar refractivity (Wildman–Crippen MR) is 49.1 cm³/mol. The third kappa shape index (κ3) is 1.98. The molecule has 0 aliphatic heterocycles. The van der Waals surface area contributed by atoms with E-state index in [0.717, 1.165) is 0 Å². The average Bonchev–Trinajstić information content (AvgIpc) is 1.88. The quantitative estimate of drug-likeness (QED) is 0.559. The van der Waals surface area contributed by atoms with Gasteiger partial charge in [0.2, 0.25) is 0 Å². The molecule has 1 rings (SSSR count). The van der Waals surface area contributed by atoms with E-state index in [9.17, 15) is 4.48 Å². The highest BCUT2D eigenvalue weighted by Gasteiger charge is 1.97. The van der Waals surface area contributed by atoms with E-state index in [4.69, 9.17) is 11.6 Å². The van der Waals surface area contributed by atoms with Crippen molar-refractivity contribution < 1.29 is 4.48 Å². The molecule has 0 N–H and O–H groups in total. The molecule has 10 heavy (non-hydrogen) atoms. The van der Waals surface area contributed by atoms with Gasteiger partial charge in [-0.15, -0.1) is 0 Å². The summed E-state index contributed by atoms with van der Waals surface area (Å²) >= 11 is 7.12. The van der Waals surface area contributed by atoms with Crippen molar-refractivity contribution in [2.24, 2.45) is 0 Å². The van der Waals surface area contributed by atoms with Gasteiger partial charge < -0.3 is 0 Å². The Morgan fingerprint density at radius 3 is 2.20 bits per heavy atom. The van der Waals surface area contributed by atoms with Crippen molar-refractivity contribution in [2.45, 2.75) is 0 Å². The van der Waals surface area contributed by atoms with Crippen molar-refractivity contribution in [3.8, 4) is 0 Å². The van der Waals surface area contributed by atoms with E-state index in [1.807, 2.05) is 0 Å². The fraction of sp³-hybridized carbons (Fsp3) is 0. The maximum absolute atomic E-state index is 12.3. The van der Waals surface area contributed by atoms with Gasteiger partial charge in [0, 0.05) is 5.02 Å². The molecule has 54 valence electrons. The molecular weight excluding hydrogens is 267 g/mol. The molecule has 4 heteroatoms. The average molecular weight is 271 g/mol. The maximum Gasteiger partial charge on any atom is 0.0965 e. The molecule has 0 bridgehead atoms. The zero-order valence-corrected chi connectivity index (χ0v) is 7.80. The summed E-state index contributed by atoms with van der Waals surface area (Å²) in [5.41, 5.74) is 0.491. The van der Waals surface area contributed by atoms with Crippen LogP contribution in [0.4, 0.5) is 10.2 Å². The van der Waals surface area contributed by atoms with Crippen LogP contribution < -0.4 is 3.34 Å². The number of nitrogens with zero attached hydrogens (tertiary/aromatic N) is 1. The van der Waals surface area contributed by atoms with Gasteiger partial charge in [-0.3, -0.25) is 0 Å². The maximum atomic E-state index is 12.3. The van der Waals surface area contributed by atoms with E-state index in [1.165, 1.54) is 0 Å². The second-order valence-electron chi connectivity index (χ2n) is 1.71. The molecule has 0 unspecified atom stereocenters. The van der Waals surface area contributed by atoms with E-state index < -0.39 is 0 Å². The third-order valence-electron chi connectivity index (χ3n) is 1.02. The molecule has 0 aliphatic rings. The Bertz CT molecular complexity index is 211. The van der Waals surface area contributed by atoms with E-state index in [-0.39, 0.29) is 0 Å². The van der Waals surface area contributed by atoms with Crippen LogP contribution in [0.2, 0.25) is 5.02 Å². The van der Waals surface area contributed by atoms with Crippen molar-refractivity contribution in [1.82, 2.24) is 0 Å². The summed E-state index contributed by atoms with van der Waals surface area (Å²) in [6.07, 6.45) is 0. The lowest BCUT2D eigenvalue weighted by Gasteiger charge is -2.02. The minimum atomic E-state index is 0.491. The van der Waals surface area contributed by atoms with Crippen LogP contribution in [0.25, 0.3) is 0 Å². The highest BCUT2D eigenvalue weighted by molar-refractivity contribution is 14.1. The second-order valence-corrected chi connectivity index (χ2v) is 2.99. The summed E-state index contributed by atoms with van der Waals surface area (Å²) < 4.78 is 12.9. The van der Waals surface area contributed by atoms with Crippen LogP contribution >= 0.6 is 34.5 Å². The first-order valence-corrected chi connectivity index (χ1v) is 3.91. The Balaban J connectivity index is 2.89. The molecule has 1 aromatic carbocycles. The predicted octanol–water partition coefficient (Wildman–Crippen LogP) is 3.38. The normalized spacial score (nSPS) is 9.50. The number of benzene rings is 1. The molecule has 0 spiro atoms. The lowest BCUT2D eigenvalue weighted by Crippen LogP contribution is -1.90. The zero-order valence-electron chi connectivity index (χ0n) is 4.89. The molecule has 0 amide bonds. The number of hydrogen-bond donors (Lipinski definition) is 0. The third-order valence-corrected chi connectivity index (χ3v) is 1.83. The first kappa shape index (κ1) is 8.07.